The molecule has 0 aliphatic heterocycles. The lowest BCUT2D eigenvalue weighted by atomic mass is 10.1. The standard InChI is InChI=1S/C22H22N4O2/c1-13-8-14(2)10-19(9-13)24-21(28)20-11-15(3)23-22(26-20)25-18-7-5-6-17(12-18)16(4)27/h5-12H,1-4H3,(H,24,28)(H,23,25,26). The third-order valence-corrected chi connectivity index (χ3v) is 4.09. The Labute approximate surface area is 164 Å². The molecule has 3 rings (SSSR count). The molecular formula is C22H22N4O2. The SMILES string of the molecule is CC(=O)c1cccc(Nc2nc(C)cc(C(=O)Nc3cc(C)cc(C)c3)n2)c1. The average molecular weight is 374 g/mol. The number of nitrogens with one attached hydrogen (secondary N) is 2. The van der Waals surface area contributed by atoms with Crippen molar-refractivity contribution in [2.75, 3.05) is 10.6 Å². The van der Waals surface area contributed by atoms with E-state index < -0.39 is 0 Å². The van der Waals surface area contributed by atoms with Crippen LogP contribution in [0.5, 0.6) is 0 Å². The fourth-order valence-electron chi connectivity index (χ4n) is 2.93. The molecule has 0 atom stereocenters. The first-order valence-corrected chi connectivity index (χ1v) is 8.93. The number of benzene rings is 2. The molecule has 0 saturated heterocycles. The minimum atomic E-state index is -0.309. The van der Waals surface area contributed by atoms with Crippen LogP contribution in [0.1, 0.15) is 44.6 Å². The molecule has 2 aromatic carbocycles. The van der Waals surface area contributed by atoms with Gasteiger partial charge in [0.2, 0.25) is 5.95 Å². The van der Waals surface area contributed by atoms with Crippen molar-refractivity contribution < 1.29 is 9.59 Å². The second-order valence-corrected chi connectivity index (χ2v) is 6.81. The minimum absolute atomic E-state index is 0.0256. The Morgan fingerprint density at radius 1 is 0.857 bits per heavy atom. The summed E-state index contributed by atoms with van der Waals surface area (Å²) in [5.74, 6) is -0.0374. The van der Waals surface area contributed by atoms with Crippen LogP contribution in [0, 0.1) is 20.8 Å². The maximum atomic E-state index is 12.7. The van der Waals surface area contributed by atoms with E-state index in [9.17, 15) is 9.59 Å². The summed E-state index contributed by atoms with van der Waals surface area (Å²) < 4.78 is 0. The molecule has 0 saturated carbocycles. The fourth-order valence-corrected chi connectivity index (χ4v) is 2.93. The molecule has 0 aliphatic rings. The molecule has 0 fully saturated rings. The van der Waals surface area contributed by atoms with Crippen LogP contribution in [0.4, 0.5) is 17.3 Å². The molecule has 142 valence electrons. The highest BCUT2D eigenvalue weighted by Gasteiger charge is 2.12. The number of anilines is 3. The van der Waals surface area contributed by atoms with Crippen molar-refractivity contribution in [3.8, 4) is 0 Å². The average Bonchev–Trinajstić information content (AvgIpc) is 2.60. The highest BCUT2D eigenvalue weighted by atomic mass is 16.2. The Bertz CT molecular complexity index is 1040. The van der Waals surface area contributed by atoms with E-state index in [1.165, 1.54) is 6.92 Å². The van der Waals surface area contributed by atoms with E-state index in [0.29, 0.717) is 22.9 Å². The van der Waals surface area contributed by atoms with E-state index in [-0.39, 0.29) is 17.4 Å². The Morgan fingerprint density at radius 3 is 2.25 bits per heavy atom. The van der Waals surface area contributed by atoms with Gasteiger partial charge in [0, 0.05) is 22.6 Å². The number of hydrogen-bond acceptors (Lipinski definition) is 5. The molecule has 28 heavy (non-hydrogen) atoms. The van der Waals surface area contributed by atoms with Gasteiger partial charge in [-0.1, -0.05) is 18.2 Å². The molecule has 6 heteroatoms. The zero-order valence-corrected chi connectivity index (χ0v) is 16.3. The van der Waals surface area contributed by atoms with Crippen molar-refractivity contribution in [3.05, 3.63) is 76.6 Å². The van der Waals surface area contributed by atoms with Crippen molar-refractivity contribution in [3.63, 3.8) is 0 Å². The van der Waals surface area contributed by atoms with Crippen molar-refractivity contribution in [2.45, 2.75) is 27.7 Å². The Morgan fingerprint density at radius 2 is 1.57 bits per heavy atom. The molecule has 3 aromatic rings. The van der Waals surface area contributed by atoms with Crippen molar-refractivity contribution in [1.29, 1.82) is 0 Å². The van der Waals surface area contributed by atoms with Crippen LogP contribution in [0.25, 0.3) is 0 Å². The van der Waals surface area contributed by atoms with Crippen LogP contribution >= 0.6 is 0 Å². The molecular weight excluding hydrogens is 352 g/mol. The van der Waals surface area contributed by atoms with Gasteiger partial charge < -0.3 is 10.6 Å². The molecule has 0 bridgehead atoms. The third-order valence-electron chi connectivity index (χ3n) is 4.09. The van der Waals surface area contributed by atoms with Gasteiger partial charge in [-0.05, 0) is 69.2 Å². The van der Waals surface area contributed by atoms with Gasteiger partial charge >= 0.3 is 0 Å². The number of nitrogens with zero attached hydrogens (tertiary/aromatic N) is 2. The van der Waals surface area contributed by atoms with Gasteiger partial charge in [0.1, 0.15) is 5.69 Å². The summed E-state index contributed by atoms with van der Waals surface area (Å²) in [6.45, 7) is 7.27. The number of Topliss-reactive ketones (excluding diaryl/α,β-unsaturated/α-hetero) is 1. The summed E-state index contributed by atoms with van der Waals surface area (Å²) in [5, 5.41) is 5.94. The van der Waals surface area contributed by atoms with E-state index >= 15 is 0 Å². The zero-order valence-electron chi connectivity index (χ0n) is 16.3. The predicted molar refractivity (Wildman–Crippen MR) is 110 cm³/mol. The molecule has 2 N–H and O–H groups in total. The van der Waals surface area contributed by atoms with Crippen molar-refractivity contribution in [2.24, 2.45) is 0 Å². The highest BCUT2D eigenvalue weighted by Crippen LogP contribution is 2.18. The van der Waals surface area contributed by atoms with Gasteiger partial charge in [-0.25, -0.2) is 9.97 Å². The molecule has 1 aromatic heterocycles. The Hall–Kier alpha value is -3.54. The number of hydrogen-bond donors (Lipinski definition) is 2. The number of aryl methyl sites for hydroxylation is 3. The second kappa shape index (κ2) is 8.00. The summed E-state index contributed by atoms with van der Waals surface area (Å²) in [7, 11) is 0. The molecule has 6 nitrogen and oxygen atoms in total. The summed E-state index contributed by atoms with van der Waals surface area (Å²) in [4.78, 5) is 32.9. The van der Waals surface area contributed by atoms with Crippen LogP contribution in [-0.2, 0) is 0 Å². The third kappa shape index (κ3) is 4.79. The number of aromatic nitrogens is 2. The number of carbonyl (C=O) groups excluding carboxylic acids is 2. The maximum absolute atomic E-state index is 12.7. The van der Waals surface area contributed by atoms with Crippen LogP contribution in [0.15, 0.2) is 48.5 Å². The summed E-state index contributed by atoms with van der Waals surface area (Å²) in [6, 6.07) is 14.6. The lowest BCUT2D eigenvalue weighted by molar-refractivity contribution is 0.101. The molecule has 0 spiro atoms. The van der Waals surface area contributed by atoms with Gasteiger partial charge in [-0.2, -0.15) is 0 Å². The lowest BCUT2D eigenvalue weighted by Gasteiger charge is -2.10. The Kier molecular flexibility index (Phi) is 5.49. The maximum Gasteiger partial charge on any atom is 0.274 e. The summed E-state index contributed by atoms with van der Waals surface area (Å²) >= 11 is 0. The van der Waals surface area contributed by atoms with Crippen molar-refractivity contribution >= 4 is 29.0 Å². The Balaban J connectivity index is 1.83. The highest BCUT2D eigenvalue weighted by molar-refractivity contribution is 6.03. The van der Waals surface area contributed by atoms with Gasteiger partial charge in [-0.15, -0.1) is 0 Å². The molecule has 1 heterocycles. The van der Waals surface area contributed by atoms with Gasteiger partial charge in [-0.3, -0.25) is 9.59 Å². The van der Waals surface area contributed by atoms with E-state index in [1.807, 2.05) is 38.1 Å². The van der Waals surface area contributed by atoms with Gasteiger partial charge in [0.15, 0.2) is 5.78 Å². The van der Waals surface area contributed by atoms with E-state index in [4.69, 9.17) is 0 Å². The number of ketones is 1. The number of carbonyl (C=O) groups is 2. The predicted octanol–water partition coefficient (Wildman–Crippen LogP) is 4.60. The smallest absolute Gasteiger partial charge is 0.274 e. The second-order valence-electron chi connectivity index (χ2n) is 6.81. The number of rotatable bonds is 5. The first-order chi connectivity index (χ1) is 13.3. The molecule has 0 radical (unpaired) electrons. The van der Waals surface area contributed by atoms with Crippen LogP contribution in [0.2, 0.25) is 0 Å². The molecule has 0 unspecified atom stereocenters. The van der Waals surface area contributed by atoms with Crippen LogP contribution < -0.4 is 10.6 Å². The number of amides is 1. The zero-order chi connectivity index (χ0) is 20.3. The largest absolute Gasteiger partial charge is 0.324 e. The van der Waals surface area contributed by atoms with Crippen LogP contribution in [-0.4, -0.2) is 21.7 Å². The summed E-state index contributed by atoms with van der Waals surface area (Å²) in [5.41, 5.74) is 5.05. The van der Waals surface area contributed by atoms with Gasteiger partial charge in [0.05, 0.1) is 0 Å². The monoisotopic (exact) mass is 374 g/mol. The first-order valence-electron chi connectivity index (χ1n) is 8.93. The minimum Gasteiger partial charge on any atom is -0.324 e. The molecule has 0 aliphatic carbocycles. The van der Waals surface area contributed by atoms with Crippen molar-refractivity contribution in [1.82, 2.24) is 9.97 Å². The summed E-state index contributed by atoms with van der Waals surface area (Å²) in [6.07, 6.45) is 0. The fraction of sp³-hybridized carbons (Fsp3) is 0.182. The topological polar surface area (TPSA) is 84.0 Å². The van der Waals surface area contributed by atoms with E-state index in [0.717, 1.165) is 16.8 Å². The molecule has 1 amide bonds. The van der Waals surface area contributed by atoms with Gasteiger partial charge in [0.25, 0.3) is 5.91 Å². The van der Waals surface area contributed by atoms with E-state index in [1.54, 1.807) is 31.2 Å². The van der Waals surface area contributed by atoms with Crippen LogP contribution in [0.3, 0.4) is 0 Å². The first kappa shape index (κ1) is 19.2. The quantitative estimate of drug-likeness (QED) is 0.638. The normalized spacial score (nSPS) is 10.4. The van der Waals surface area contributed by atoms with E-state index in [2.05, 4.69) is 20.6 Å². The lowest BCUT2D eigenvalue weighted by Crippen LogP contribution is -2.15.